The largest absolute Gasteiger partial charge is 0.434 e. The topological polar surface area (TPSA) is 52.0 Å². The van der Waals surface area contributed by atoms with Crippen LogP contribution in [0.5, 0.6) is 0 Å². The van der Waals surface area contributed by atoms with Crippen molar-refractivity contribution in [1.29, 1.82) is 0 Å². The molecule has 2 N–H and O–H groups in total. The number of benzene rings is 2. The monoisotopic (exact) mass is 224 g/mol. The normalized spacial score (nSPS) is 10.9. The predicted molar refractivity (Wildman–Crippen MR) is 68.6 cm³/mol. The second-order valence-corrected chi connectivity index (χ2v) is 4.08. The van der Waals surface area contributed by atoms with E-state index in [0.717, 1.165) is 11.1 Å². The highest BCUT2D eigenvalue weighted by Crippen LogP contribution is 2.27. The molecular weight excluding hydrogens is 212 g/mol. The summed E-state index contributed by atoms with van der Waals surface area (Å²) < 4.78 is 5.70. The molecule has 0 fully saturated rings. The van der Waals surface area contributed by atoms with Crippen LogP contribution in [0.2, 0.25) is 0 Å². The average Bonchev–Trinajstić information content (AvgIpc) is 2.74. The van der Waals surface area contributed by atoms with Crippen LogP contribution in [0.3, 0.4) is 0 Å². The highest BCUT2D eigenvalue weighted by atomic mass is 16.3. The van der Waals surface area contributed by atoms with Gasteiger partial charge in [-0.15, -0.1) is 0 Å². The number of rotatable bonds is 1. The zero-order valence-electron chi connectivity index (χ0n) is 9.47. The van der Waals surface area contributed by atoms with Crippen molar-refractivity contribution in [2.24, 2.45) is 0 Å². The number of aryl methyl sites for hydroxylation is 1. The summed E-state index contributed by atoms with van der Waals surface area (Å²) in [7, 11) is 0. The average molecular weight is 224 g/mol. The highest BCUT2D eigenvalue weighted by molar-refractivity contribution is 5.86. The van der Waals surface area contributed by atoms with Crippen LogP contribution >= 0.6 is 0 Å². The zero-order chi connectivity index (χ0) is 11.8. The van der Waals surface area contributed by atoms with Crippen molar-refractivity contribution >= 4 is 16.8 Å². The summed E-state index contributed by atoms with van der Waals surface area (Å²) in [5.74, 6) is 0.613. The summed E-state index contributed by atoms with van der Waals surface area (Å²) in [4.78, 5) is 4.44. The summed E-state index contributed by atoms with van der Waals surface area (Å²) in [6, 6.07) is 13.6. The molecule has 0 atom stereocenters. The summed E-state index contributed by atoms with van der Waals surface area (Å²) in [6.07, 6.45) is 0. The Balaban J connectivity index is 2.22. The van der Waals surface area contributed by atoms with Gasteiger partial charge in [0.2, 0.25) is 5.89 Å². The maximum Gasteiger partial charge on any atom is 0.227 e. The second-order valence-electron chi connectivity index (χ2n) is 4.08. The van der Waals surface area contributed by atoms with E-state index in [1.54, 1.807) is 0 Å². The fourth-order valence-electron chi connectivity index (χ4n) is 1.87. The number of nitrogens with zero attached hydrogens (tertiary/aromatic N) is 1. The van der Waals surface area contributed by atoms with E-state index >= 15 is 0 Å². The van der Waals surface area contributed by atoms with E-state index < -0.39 is 0 Å². The summed E-state index contributed by atoms with van der Waals surface area (Å²) in [5.41, 5.74) is 10.1. The van der Waals surface area contributed by atoms with E-state index in [1.807, 2.05) is 49.4 Å². The summed E-state index contributed by atoms with van der Waals surface area (Å²) >= 11 is 0. The molecule has 3 nitrogen and oxygen atoms in total. The number of para-hydroxylation sites is 1. The number of fused-ring (bicyclic) bond motifs is 1. The molecule has 2 aromatic carbocycles. The Bertz CT molecular complexity index is 686. The van der Waals surface area contributed by atoms with Crippen molar-refractivity contribution in [3.63, 3.8) is 0 Å². The standard InChI is InChI=1S/C14H12N2O/c1-9-4-2-5-10(8-9)14-16-12-7-3-6-11(15)13(12)17-14/h2-8H,15H2,1H3. The lowest BCUT2D eigenvalue weighted by Crippen LogP contribution is -1.82. The molecule has 0 saturated carbocycles. The molecule has 0 spiro atoms. The van der Waals surface area contributed by atoms with Crippen LogP contribution in [-0.2, 0) is 0 Å². The van der Waals surface area contributed by atoms with Crippen molar-refractivity contribution in [1.82, 2.24) is 4.98 Å². The second kappa shape index (κ2) is 3.63. The van der Waals surface area contributed by atoms with Gasteiger partial charge in [0.15, 0.2) is 5.58 Å². The van der Waals surface area contributed by atoms with Gasteiger partial charge in [0.05, 0.1) is 5.69 Å². The maximum atomic E-state index is 5.84. The number of hydrogen-bond acceptors (Lipinski definition) is 3. The van der Waals surface area contributed by atoms with Crippen molar-refractivity contribution < 1.29 is 4.42 Å². The van der Waals surface area contributed by atoms with Gasteiger partial charge in [-0.05, 0) is 31.2 Å². The molecule has 0 amide bonds. The van der Waals surface area contributed by atoms with E-state index in [1.165, 1.54) is 5.56 Å². The molecule has 0 aliphatic carbocycles. The molecule has 0 bridgehead atoms. The first-order chi connectivity index (χ1) is 8.24. The lowest BCUT2D eigenvalue weighted by Gasteiger charge is -1.96. The van der Waals surface area contributed by atoms with Crippen LogP contribution in [0.15, 0.2) is 46.9 Å². The van der Waals surface area contributed by atoms with Crippen LogP contribution in [0, 0.1) is 6.92 Å². The number of nitrogens with two attached hydrogens (primary N) is 1. The molecule has 0 radical (unpaired) electrons. The van der Waals surface area contributed by atoms with E-state index in [-0.39, 0.29) is 0 Å². The third-order valence-corrected chi connectivity index (χ3v) is 2.71. The number of anilines is 1. The predicted octanol–water partition coefficient (Wildman–Crippen LogP) is 3.39. The fourth-order valence-corrected chi connectivity index (χ4v) is 1.87. The summed E-state index contributed by atoms with van der Waals surface area (Å²) in [6.45, 7) is 2.04. The van der Waals surface area contributed by atoms with E-state index in [9.17, 15) is 0 Å². The first kappa shape index (κ1) is 9.90. The Morgan fingerprint density at radius 1 is 1.12 bits per heavy atom. The van der Waals surface area contributed by atoms with Gasteiger partial charge < -0.3 is 10.2 Å². The van der Waals surface area contributed by atoms with Gasteiger partial charge in [0, 0.05) is 5.56 Å². The summed E-state index contributed by atoms with van der Waals surface area (Å²) in [5, 5.41) is 0. The number of nitrogen functional groups attached to an aromatic ring is 1. The van der Waals surface area contributed by atoms with Crippen molar-refractivity contribution in [3.8, 4) is 11.5 Å². The third kappa shape index (κ3) is 1.65. The Morgan fingerprint density at radius 2 is 1.94 bits per heavy atom. The van der Waals surface area contributed by atoms with Gasteiger partial charge in [-0.1, -0.05) is 23.8 Å². The van der Waals surface area contributed by atoms with Crippen molar-refractivity contribution in [2.45, 2.75) is 6.92 Å². The third-order valence-electron chi connectivity index (χ3n) is 2.71. The van der Waals surface area contributed by atoms with Crippen LogP contribution in [-0.4, -0.2) is 4.98 Å². The SMILES string of the molecule is Cc1cccc(-c2nc3cccc(N)c3o2)c1. The Hall–Kier alpha value is -2.29. The molecule has 3 heteroatoms. The molecule has 3 aromatic rings. The van der Waals surface area contributed by atoms with E-state index in [4.69, 9.17) is 10.2 Å². The lowest BCUT2D eigenvalue weighted by molar-refractivity contribution is 0.621. The van der Waals surface area contributed by atoms with Gasteiger partial charge in [-0.2, -0.15) is 0 Å². The molecule has 1 aromatic heterocycles. The number of aromatic nitrogens is 1. The molecule has 0 aliphatic rings. The lowest BCUT2D eigenvalue weighted by atomic mass is 10.1. The quantitative estimate of drug-likeness (QED) is 0.644. The van der Waals surface area contributed by atoms with Crippen LogP contribution < -0.4 is 5.73 Å². The minimum absolute atomic E-state index is 0.613. The molecule has 0 unspecified atom stereocenters. The Morgan fingerprint density at radius 3 is 2.71 bits per heavy atom. The van der Waals surface area contributed by atoms with Crippen LogP contribution in [0.1, 0.15) is 5.56 Å². The zero-order valence-corrected chi connectivity index (χ0v) is 9.47. The first-order valence-corrected chi connectivity index (χ1v) is 5.46. The van der Waals surface area contributed by atoms with Gasteiger partial charge in [-0.3, -0.25) is 0 Å². The first-order valence-electron chi connectivity index (χ1n) is 5.46. The molecule has 0 saturated heterocycles. The van der Waals surface area contributed by atoms with Gasteiger partial charge in [0.25, 0.3) is 0 Å². The Labute approximate surface area is 98.9 Å². The minimum Gasteiger partial charge on any atom is -0.434 e. The fraction of sp³-hybridized carbons (Fsp3) is 0.0714. The van der Waals surface area contributed by atoms with Gasteiger partial charge in [-0.25, -0.2) is 4.98 Å². The smallest absolute Gasteiger partial charge is 0.227 e. The molecule has 3 rings (SSSR count). The van der Waals surface area contributed by atoms with Crippen LogP contribution in [0.4, 0.5) is 5.69 Å². The van der Waals surface area contributed by atoms with E-state index in [0.29, 0.717) is 17.2 Å². The molecule has 0 aliphatic heterocycles. The molecule has 1 heterocycles. The molecule has 84 valence electrons. The van der Waals surface area contributed by atoms with E-state index in [2.05, 4.69) is 4.98 Å². The number of oxazole rings is 1. The van der Waals surface area contributed by atoms with Crippen molar-refractivity contribution in [3.05, 3.63) is 48.0 Å². The highest BCUT2D eigenvalue weighted by Gasteiger charge is 2.09. The van der Waals surface area contributed by atoms with Crippen LogP contribution in [0.25, 0.3) is 22.6 Å². The molecular formula is C14H12N2O. The maximum absolute atomic E-state index is 5.84. The van der Waals surface area contributed by atoms with Gasteiger partial charge >= 0.3 is 0 Å². The minimum atomic E-state index is 0.613. The number of hydrogen-bond donors (Lipinski definition) is 1. The Kier molecular flexibility index (Phi) is 2.11. The molecule has 17 heavy (non-hydrogen) atoms. The van der Waals surface area contributed by atoms with Gasteiger partial charge in [0.1, 0.15) is 5.52 Å². The van der Waals surface area contributed by atoms with Crippen molar-refractivity contribution in [2.75, 3.05) is 5.73 Å².